The van der Waals surface area contributed by atoms with E-state index in [4.69, 9.17) is 23.7 Å². The summed E-state index contributed by atoms with van der Waals surface area (Å²) in [4.78, 5) is 24.5. The van der Waals surface area contributed by atoms with E-state index in [1.807, 2.05) is 13.8 Å². The van der Waals surface area contributed by atoms with Gasteiger partial charge in [-0.25, -0.2) is 9.59 Å². The average molecular weight is 569 g/mol. The van der Waals surface area contributed by atoms with Crippen molar-refractivity contribution in [2.45, 2.75) is 33.0 Å². The number of hydrogen-bond donors (Lipinski definition) is 4. The number of hydrazone groups is 1. The number of rotatable bonds is 15. The van der Waals surface area contributed by atoms with E-state index in [9.17, 15) is 14.7 Å². The fourth-order valence-corrected chi connectivity index (χ4v) is 3.96. The lowest BCUT2D eigenvalue weighted by molar-refractivity contribution is -0.136. The van der Waals surface area contributed by atoms with Crippen LogP contribution in [0.4, 0.5) is 4.79 Å². The Labute approximate surface area is 239 Å². The van der Waals surface area contributed by atoms with Gasteiger partial charge in [0.05, 0.1) is 38.2 Å². The van der Waals surface area contributed by atoms with Gasteiger partial charge in [-0.05, 0) is 62.2 Å². The zero-order chi connectivity index (χ0) is 29.8. The molecule has 0 saturated heterocycles. The highest BCUT2D eigenvalue weighted by molar-refractivity contribution is 5.95. The minimum Gasteiger partial charge on any atom is -0.490 e. The highest BCUT2D eigenvalue weighted by atomic mass is 16.5. The molecule has 0 aromatic heterocycles. The molecule has 41 heavy (non-hydrogen) atoms. The average Bonchev–Trinajstić information content (AvgIpc) is 2.95. The summed E-state index contributed by atoms with van der Waals surface area (Å²) in [6, 6.07) is 9.16. The van der Waals surface area contributed by atoms with Gasteiger partial charge in [0.1, 0.15) is 13.2 Å². The van der Waals surface area contributed by atoms with Crippen LogP contribution < -0.4 is 35.0 Å². The van der Waals surface area contributed by atoms with Crippen molar-refractivity contribution in [1.82, 2.24) is 16.1 Å². The smallest absolute Gasteiger partial charge is 0.337 e. The van der Waals surface area contributed by atoms with E-state index in [2.05, 4.69) is 27.7 Å². The number of esters is 1. The van der Waals surface area contributed by atoms with Crippen LogP contribution in [0.3, 0.4) is 0 Å². The van der Waals surface area contributed by atoms with Gasteiger partial charge in [-0.1, -0.05) is 18.7 Å². The number of aliphatic hydroxyl groups excluding tert-OH is 1. The summed E-state index contributed by atoms with van der Waals surface area (Å²) in [6.07, 6.45) is 2.05. The van der Waals surface area contributed by atoms with Crippen LogP contribution in [0.5, 0.6) is 23.0 Å². The Morgan fingerprint density at radius 2 is 1.76 bits per heavy atom. The molecular weight excluding hydrogens is 532 g/mol. The van der Waals surface area contributed by atoms with Crippen molar-refractivity contribution in [3.05, 3.63) is 71.5 Å². The monoisotopic (exact) mass is 568 g/mol. The van der Waals surface area contributed by atoms with Crippen LogP contribution in [-0.4, -0.2) is 63.1 Å². The van der Waals surface area contributed by atoms with Crippen LogP contribution in [0.1, 0.15) is 37.9 Å². The van der Waals surface area contributed by atoms with Gasteiger partial charge >= 0.3 is 12.0 Å². The molecule has 0 radical (unpaired) electrons. The largest absolute Gasteiger partial charge is 0.490 e. The highest BCUT2D eigenvalue weighted by Crippen LogP contribution is 2.35. The minimum absolute atomic E-state index is 0.147. The molecule has 1 aliphatic heterocycles. The van der Waals surface area contributed by atoms with Gasteiger partial charge in [0.2, 0.25) is 0 Å². The summed E-state index contributed by atoms with van der Waals surface area (Å²) in [6.45, 7) is 9.98. The summed E-state index contributed by atoms with van der Waals surface area (Å²) >= 11 is 0. The Morgan fingerprint density at radius 3 is 2.44 bits per heavy atom. The quantitative estimate of drug-likeness (QED) is 0.0836. The second kappa shape index (κ2) is 15.2. The molecule has 0 spiro atoms. The molecule has 0 aliphatic carbocycles. The molecule has 2 atom stereocenters. The molecule has 0 fully saturated rings. The fraction of sp³-hybridized carbons (Fsp3) is 0.345. The van der Waals surface area contributed by atoms with Crippen molar-refractivity contribution in [3.63, 3.8) is 0 Å². The molecule has 1 heterocycles. The number of allylic oxidation sites excluding steroid dienone is 1. The van der Waals surface area contributed by atoms with Crippen molar-refractivity contribution in [2.75, 3.05) is 33.5 Å². The molecule has 2 aromatic rings. The number of benzene rings is 2. The summed E-state index contributed by atoms with van der Waals surface area (Å²) in [5.41, 5.74) is 4.60. The fourth-order valence-electron chi connectivity index (χ4n) is 3.96. The number of carbonyl (C=O) groups is 2. The van der Waals surface area contributed by atoms with Crippen molar-refractivity contribution in [3.8, 4) is 23.0 Å². The Bertz CT molecular complexity index is 1290. The van der Waals surface area contributed by atoms with Crippen molar-refractivity contribution < 1.29 is 38.4 Å². The van der Waals surface area contributed by atoms with Crippen LogP contribution >= 0.6 is 0 Å². The van der Waals surface area contributed by atoms with E-state index >= 15 is 0 Å². The second-order valence-corrected chi connectivity index (χ2v) is 8.65. The number of methoxy groups -OCH3 is 1. The lowest BCUT2D eigenvalue weighted by Crippen LogP contribution is -2.45. The van der Waals surface area contributed by atoms with Crippen LogP contribution in [-0.2, 0) is 9.53 Å². The lowest BCUT2D eigenvalue weighted by atomic mass is 9.95. The number of nitrogens with zero attached hydrogens (tertiary/aromatic N) is 1. The highest BCUT2D eigenvalue weighted by Gasteiger charge is 2.32. The SMILES string of the molecule is C=CCOc1ccc(/C=N\N[C@H](O)COc2ccc([C@@H]3NC(=O)NC(C)=C3C(=O)OC)cc2OCC)cc1OCC. The summed E-state index contributed by atoms with van der Waals surface area (Å²) in [5.74, 6) is 1.33. The zero-order valence-electron chi connectivity index (χ0n) is 23.6. The van der Waals surface area contributed by atoms with E-state index in [0.29, 0.717) is 54.1 Å². The number of carbonyl (C=O) groups excluding carboxylic acids is 2. The maximum absolute atomic E-state index is 12.4. The standard InChI is InChI=1S/C29H36N4O8/c1-6-13-40-21-11-9-19(14-23(21)38-7-2)16-30-33-25(34)17-41-22-12-10-20(15-24(22)39-8-3)27-26(28(35)37-5)18(4)31-29(36)32-27/h6,9-12,14-16,25,27,33-34H,1,7-8,13,17H2,2-5H3,(H2,31,32,36)/b30-16-/t25-,27+/m1/s1. The molecule has 12 nitrogen and oxygen atoms in total. The van der Waals surface area contributed by atoms with Gasteiger partial charge in [0.15, 0.2) is 29.2 Å². The Kier molecular flexibility index (Phi) is 11.4. The molecule has 2 aromatic carbocycles. The molecule has 220 valence electrons. The number of aliphatic hydroxyl groups is 1. The number of nitrogens with one attached hydrogen (secondary N) is 3. The first-order valence-electron chi connectivity index (χ1n) is 13.0. The predicted molar refractivity (Wildman–Crippen MR) is 152 cm³/mol. The van der Waals surface area contributed by atoms with Crippen molar-refractivity contribution in [1.29, 1.82) is 0 Å². The Morgan fingerprint density at radius 1 is 1.07 bits per heavy atom. The first kappa shape index (κ1) is 30.8. The molecule has 1 aliphatic rings. The maximum Gasteiger partial charge on any atom is 0.337 e. The molecule has 0 saturated carbocycles. The van der Waals surface area contributed by atoms with Gasteiger partial charge in [0.25, 0.3) is 0 Å². The Balaban J connectivity index is 1.67. The van der Waals surface area contributed by atoms with Crippen molar-refractivity contribution in [2.24, 2.45) is 5.10 Å². The van der Waals surface area contributed by atoms with E-state index in [1.54, 1.807) is 49.4 Å². The topological polar surface area (TPSA) is 149 Å². The molecule has 0 unspecified atom stereocenters. The first-order chi connectivity index (χ1) is 19.8. The Hall–Kier alpha value is -4.71. The van der Waals surface area contributed by atoms with E-state index in [1.165, 1.54) is 13.3 Å². The molecule has 0 bridgehead atoms. The molecule has 2 amide bonds. The van der Waals surface area contributed by atoms with Gasteiger partial charge in [0, 0.05) is 5.70 Å². The molecule has 12 heteroatoms. The lowest BCUT2D eigenvalue weighted by Gasteiger charge is -2.28. The van der Waals surface area contributed by atoms with Gasteiger partial charge in [-0.15, -0.1) is 0 Å². The second-order valence-electron chi connectivity index (χ2n) is 8.65. The summed E-state index contributed by atoms with van der Waals surface area (Å²) < 4.78 is 27.6. The maximum atomic E-state index is 12.4. The van der Waals surface area contributed by atoms with Crippen molar-refractivity contribution >= 4 is 18.2 Å². The van der Waals surface area contributed by atoms with E-state index in [0.717, 1.165) is 5.56 Å². The van der Waals surface area contributed by atoms with Crippen LogP contribution in [0.2, 0.25) is 0 Å². The van der Waals surface area contributed by atoms with Crippen LogP contribution in [0.15, 0.2) is 65.4 Å². The molecule has 4 N–H and O–H groups in total. The summed E-state index contributed by atoms with van der Waals surface area (Å²) in [7, 11) is 1.27. The van der Waals surface area contributed by atoms with Gasteiger partial charge in [-0.3, -0.25) is 5.43 Å². The summed E-state index contributed by atoms with van der Waals surface area (Å²) in [5, 5.41) is 19.8. The zero-order valence-corrected chi connectivity index (χ0v) is 23.6. The third kappa shape index (κ3) is 8.39. The normalized spacial score (nSPS) is 15.4. The number of ether oxygens (including phenoxy) is 5. The van der Waals surface area contributed by atoms with Crippen LogP contribution in [0, 0.1) is 0 Å². The minimum atomic E-state index is -1.14. The van der Waals surface area contributed by atoms with Gasteiger partial charge < -0.3 is 39.4 Å². The van der Waals surface area contributed by atoms with E-state index < -0.39 is 24.3 Å². The predicted octanol–water partition coefficient (Wildman–Crippen LogP) is 3.17. The third-order valence-corrected chi connectivity index (χ3v) is 5.73. The third-order valence-electron chi connectivity index (χ3n) is 5.73. The number of amides is 2. The first-order valence-corrected chi connectivity index (χ1v) is 13.0. The molecular formula is C29H36N4O8. The van der Waals surface area contributed by atoms with Crippen LogP contribution in [0.25, 0.3) is 0 Å². The van der Waals surface area contributed by atoms with Gasteiger partial charge in [-0.2, -0.15) is 5.10 Å². The number of hydrogen-bond acceptors (Lipinski definition) is 10. The number of urea groups is 1. The molecule has 3 rings (SSSR count). The van der Waals surface area contributed by atoms with E-state index in [-0.39, 0.29) is 12.2 Å².